The van der Waals surface area contributed by atoms with E-state index in [4.69, 9.17) is 0 Å². The van der Waals surface area contributed by atoms with Crippen LogP contribution in [0, 0.1) is 6.92 Å². The first-order valence-electron chi connectivity index (χ1n) is 4.86. The number of oxazole rings is 1. The average Bonchev–Trinajstić information content (AvgIpc) is 2.43. The van der Waals surface area contributed by atoms with Crippen LogP contribution in [0.5, 0.6) is 0 Å². The molecule has 0 aliphatic rings. The quantitative estimate of drug-likeness (QED) is 0.602. The van der Waals surface area contributed by atoms with E-state index < -0.39 is 11.9 Å². The maximum atomic E-state index is 12.5. The van der Waals surface area contributed by atoms with Crippen molar-refractivity contribution in [3.63, 3.8) is 0 Å². The van der Waals surface area contributed by atoms with E-state index in [9.17, 15) is 13.2 Å². The fourth-order valence-corrected chi connectivity index (χ4v) is 1.44. The van der Waals surface area contributed by atoms with Gasteiger partial charge in [-0.3, -0.25) is 0 Å². The van der Waals surface area contributed by atoms with Crippen molar-refractivity contribution in [2.45, 2.75) is 38.6 Å². The zero-order valence-electron chi connectivity index (χ0n) is 9.92. The van der Waals surface area contributed by atoms with Crippen molar-refractivity contribution in [1.82, 2.24) is 4.98 Å². The van der Waals surface area contributed by atoms with Crippen LogP contribution in [-0.4, -0.2) is 15.9 Å². The molecular weight excluding hydrogens is 253 g/mol. The van der Waals surface area contributed by atoms with Gasteiger partial charge in [-0.25, -0.2) is 9.38 Å². The molecule has 0 N–H and O–H groups in total. The highest BCUT2D eigenvalue weighted by atomic mass is 32.2. The van der Waals surface area contributed by atoms with Crippen LogP contribution >= 0.6 is 11.9 Å². The Morgan fingerprint density at radius 2 is 1.88 bits per heavy atom. The van der Waals surface area contributed by atoms with Gasteiger partial charge in [-0.05, 0) is 32.7 Å². The molecule has 7 heteroatoms. The van der Waals surface area contributed by atoms with Crippen LogP contribution in [-0.2, 0) is 6.18 Å². The summed E-state index contributed by atoms with van der Waals surface area (Å²) in [5.41, 5.74) is -0.285. The predicted octanol–water partition coefficient (Wildman–Crippen LogP) is 3.87. The van der Waals surface area contributed by atoms with Gasteiger partial charge in [0.1, 0.15) is 5.69 Å². The number of hydrogen-bond acceptors (Lipinski definition) is 4. The lowest BCUT2D eigenvalue weighted by Gasteiger charge is -2.11. The zero-order valence-corrected chi connectivity index (χ0v) is 10.7. The topological polar surface area (TPSA) is 38.4 Å². The molecule has 0 aliphatic carbocycles. The Balaban J connectivity index is 2.92. The number of hydrogen-bond donors (Lipinski definition) is 0. The standard InChI is InChI=1S/C10H13F3N2OS/c1-6-15-7(5-14-17-9(2,3)4)8(16-6)10(11,12)13/h5H,1-4H3. The molecule has 0 saturated heterocycles. The molecular formula is C10H13F3N2OS. The summed E-state index contributed by atoms with van der Waals surface area (Å²) in [6.45, 7) is 7.10. The maximum Gasteiger partial charge on any atom is 0.451 e. The van der Waals surface area contributed by atoms with Crippen molar-refractivity contribution in [2.24, 2.45) is 4.40 Å². The van der Waals surface area contributed by atoms with Crippen LogP contribution in [0.4, 0.5) is 13.2 Å². The average molecular weight is 266 g/mol. The molecule has 0 saturated carbocycles. The molecule has 1 rings (SSSR count). The molecule has 1 aromatic heterocycles. The van der Waals surface area contributed by atoms with Crippen molar-refractivity contribution >= 4 is 18.2 Å². The van der Waals surface area contributed by atoms with Crippen molar-refractivity contribution < 1.29 is 17.6 Å². The number of nitrogens with zero attached hydrogens (tertiary/aromatic N) is 2. The molecule has 0 atom stereocenters. The van der Waals surface area contributed by atoms with Gasteiger partial charge in [0.2, 0.25) is 5.76 Å². The largest absolute Gasteiger partial charge is 0.451 e. The normalized spacial score (nSPS) is 13.6. The maximum absolute atomic E-state index is 12.5. The van der Waals surface area contributed by atoms with E-state index >= 15 is 0 Å². The SMILES string of the molecule is Cc1nc(C=NSC(C)(C)C)c(C(F)(F)F)o1. The third-order valence-corrected chi connectivity index (χ3v) is 2.28. The second-order valence-corrected chi connectivity index (χ2v) is 6.00. The molecule has 0 aliphatic heterocycles. The van der Waals surface area contributed by atoms with Crippen LogP contribution in [0.15, 0.2) is 8.81 Å². The van der Waals surface area contributed by atoms with Crippen LogP contribution < -0.4 is 0 Å². The first-order chi connectivity index (χ1) is 7.59. The number of aromatic nitrogens is 1. The lowest BCUT2D eigenvalue weighted by atomic mass is 10.3. The number of halogens is 3. The first-order valence-corrected chi connectivity index (χ1v) is 5.63. The van der Waals surface area contributed by atoms with Gasteiger partial charge >= 0.3 is 6.18 Å². The summed E-state index contributed by atoms with van der Waals surface area (Å²) in [6, 6.07) is 0. The van der Waals surface area contributed by atoms with Gasteiger partial charge in [0.15, 0.2) is 5.89 Å². The Hall–Kier alpha value is -0.980. The van der Waals surface area contributed by atoms with E-state index in [2.05, 4.69) is 13.8 Å². The first kappa shape index (κ1) is 14.1. The number of aryl methyl sites for hydroxylation is 1. The van der Waals surface area contributed by atoms with E-state index in [0.717, 1.165) is 6.21 Å². The lowest BCUT2D eigenvalue weighted by Crippen LogP contribution is -2.07. The van der Waals surface area contributed by atoms with Gasteiger partial charge in [0.05, 0.1) is 6.21 Å². The molecule has 1 aromatic rings. The second-order valence-electron chi connectivity index (χ2n) is 4.38. The monoisotopic (exact) mass is 266 g/mol. The minimum Gasteiger partial charge on any atom is -0.436 e. The van der Waals surface area contributed by atoms with E-state index in [0.29, 0.717) is 0 Å². The Morgan fingerprint density at radius 1 is 1.29 bits per heavy atom. The van der Waals surface area contributed by atoms with Gasteiger partial charge in [-0.1, -0.05) is 0 Å². The van der Waals surface area contributed by atoms with Crippen LogP contribution in [0.1, 0.15) is 38.1 Å². The van der Waals surface area contributed by atoms with Crippen molar-refractivity contribution in [1.29, 1.82) is 0 Å². The Morgan fingerprint density at radius 3 is 2.35 bits per heavy atom. The van der Waals surface area contributed by atoms with E-state index in [1.54, 1.807) is 0 Å². The van der Waals surface area contributed by atoms with E-state index in [-0.39, 0.29) is 16.3 Å². The fraction of sp³-hybridized carbons (Fsp3) is 0.600. The summed E-state index contributed by atoms with van der Waals surface area (Å²) < 4.78 is 45.8. The Bertz CT molecular complexity index is 418. The molecule has 0 amide bonds. The van der Waals surface area contributed by atoms with Gasteiger partial charge in [0.25, 0.3) is 0 Å². The van der Waals surface area contributed by atoms with Crippen LogP contribution in [0.2, 0.25) is 0 Å². The van der Waals surface area contributed by atoms with Crippen LogP contribution in [0.3, 0.4) is 0 Å². The minimum atomic E-state index is -4.55. The summed E-state index contributed by atoms with van der Waals surface area (Å²) in [7, 11) is 0. The van der Waals surface area contributed by atoms with Crippen LogP contribution in [0.25, 0.3) is 0 Å². The van der Waals surface area contributed by atoms with Gasteiger partial charge in [-0.15, -0.1) is 0 Å². The van der Waals surface area contributed by atoms with Gasteiger partial charge in [0, 0.05) is 11.7 Å². The molecule has 1 heterocycles. The molecule has 3 nitrogen and oxygen atoms in total. The van der Waals surface area contributed by atoms with Crippen molar-refractivity contribution in [2.75, 3.05) is 0 Å². The molecule has 0 fully saturated rings. The molecule has 0 bridgehead atoms. The zero-order chi connectivity index (χ0) is 13.3. The number of alkyl halides is 3. The highest BCUT2D eigenvalue weighted by Gasteiger charge is 2.38. The molecule has 0 aromatic carbocycles. The van der Waals surface area contributed by atoms with E-state index in [1.807, 2.05) is 20.8 Å². The molecule has 17 heavy (non-hydrogen) atoms. The van der Waals surface area contributed by atoms with Gasteiger partial charge in [-0.2, -0.15) is 13.2 Å². The summed E-state index contributed by atoms with van der Waals surface area (Å²) in [6.07, 6.45) is -3.47. The summed E-state index contributed by atoms with van der Waals surface area (Å²) in [5.74, 6) is -1.13. The van der Waals surface area contributed by atoms with Gasteiger partial charge < -0.3 is 4.42 Å². The third-order valence-electron chi connectivity index (χ3n) is 1.52. The predicted molar refractivity (Wildman–Crippen MR) is 61.2 cm³/mol. The van der Waals surface area contributed by atoms with Crippen molar-refractivity contribution in [3.8, 4) is 0 Å². The van der Waals surface area contributed by atoms with E-state index in [1.165, 1.54) is 18.9 Å². The summed E-state index contributed by atoms with van der Waals surface area (Å²) in [5, 5.41) is 0. The third kappa shape index (κ3) is 4.41. The Kier molecular flexibility index (Phi) is 3.91. The highest BCUT2D eigenvalue weighted by Crippen LogP contribution is 2.32. The smallest absolute Gasteiger partial charge is 0.436 e. The number of rotatable bonds is 2. The molecule has 0 unspecified atom stereocenters. The minimum absolute atomic E-state index is 0.0282. The Labute approximate surface area is 102 Å². The lowest BCUT2D eigenvalue weighted by molar-refractivity contribution is -0.153. The molecule has 96 valence electrons. The second kappa shape index (κ2) is 4.72. The summed E-state index contributed by atoms with van der Waals surface area (Å²) >= 11 is 1.18. The highest BCUT2D eigenvalue weighted by molar-refractivity contribution is 7.99. The molecule has 0 spiro atoms. The summed E-state index contributed by atoms with van der Waals surface area (Å²) in [4.78, 5) is 3.65. The molecule has 0 radical (unpaired) electrons. The fourth-order valence-electron chi connectivity index (χ4n) is 0.968. The van der Waals surface area contributed by atoms with Crippen molar-refractivity contribution in [3.05, 3.63) is 17.3 Å².